The van der Waals surface area contributed by atoms with E-state index in [0.29, 0.717) is 21.7 Å². The minimum atomic E-state index is 0.607. The van der Waals surface area contributed by atoms with Gasteiger partial charge < -0.3 is 10.6 Å². The van der Waals surface area contributed by atoms with E-state index in [1.165, 1.54) is 0 Å². The number of anilines is 4. The predicted octanol–water partition coefficient (Wildman–Crippen LogP) is 7.04. The fraction of sp³-hybridized carbons (Fsp3) is 0.0909. The zero-order valence-corrected chi connectivity index (χ0v) is 16.9. The van der Waals surface area contributed by atoms with E-state index in [-0.39, 0.29) is 0 Å². The molecule has 28 heavy (non-hydrogen) atoms. The Kier molecular flexibility index (Phi) is 5.07. The number of hydrogen-bond acceptors (Lipinski definition) is 4. The van der Waals surface area contributed by atoms with E-state index in [0.717, 1.165) is 33.5 Å². The Morgan fingerprint density at radius 3 is 1.46 bits per heavy atom. The van der Waals surface area contributed by atoms with E-state index >= 15 is 0 Å². The lowest BCUT2D eigenvalue weighted by Crippen LogP contribution is -2.03. The molecular weight excluding hydrogens is 391 g/mol. The van der Waals surface area contributed by atoms with Gasteiger partial charge in [-0.3, -0.25) is 0 Å². The lowest BCUT2D eigenvalue weighted by molar-refractivity contribution is 1.27. The molecule has 4 aromatic rings. The summed E-state index contributed by atoms with van der Waals surface area (Å²) in [5.41, 5.74) is 5.32. The molecule has 0 aliphatic carbocycles. The van der Waals surface area contributed by atoms with Crippen LogP contribution in [-0.4, -0.2) is 9.97 Å². The zero-order valence-electron chi connectivity index (χ0n) is 15.4. The Balaban J connectivity index is 1.77. The predicted molar refractivity (Wildman–Crippen MR) is 118 cm³/mol. The standard InChI is InChI=1S/C22H18Cl2N4/c1-13-7-9-15(11-17(13)23)25-21-22(26-16-10-8-14(2)18(24)12-16)28-20-6-4-3-5-19(20)27-21/h3-12H,1-2H3,(H,25,27)(H,26,28). The van der Waals surface area contributed by atoms with Crippen LogP contribution in [0.25, 0.3) is 11.0 Å². The quantitative estimate of drug-likeness (QED) is 0.380. The minimum absolute atomic E-state index is 0.607. The molecule has 140 valence electrons. The number of halogens is 2. The molecule has 0 atom stereocenters. The average molecular weight is 409 g/mol. The van der Waals surface area contributed by atoms with Crippen LogP contribution in [-0.2, 0) is 0 Å². The van der Waals surface area contributed by atoms with Crippen molar-refractivity contribution in [3.8, 4) is 0 Å². The van der Waals surface area contributed by atoms with Crippen molar-refractivity contribution in [3.05, 3.63) is 81.8 Å². The molecular formula is C22H18Cl2N4. The molecule has 0 saturated heterocycles. The van der Waals surface area contributed by atoms with Crippen LogP contribution in [0, 0.1) is 13.8 Å². The molecule has 6 heteroatoms. The largest absolute Gasteiger partial charge is 0.337 e. The second-order valence-corrected chi connectivity index (χ2v) is 7.40. The Morgan fingerprint density at radius 1 is 0.643 bits per heavy atom. The fourth-order valence-electron chi connectivity index (χ4n) is 2.79. The van der Waals surface area contributed by atoms with Gasteiger partial charge in [-0.25, -0.2) is 9.97 Å². The third-order valence-electron chi connectivity index (χ3n) is 4.44. The number of aromatic nitrogens is 2. The first-order valence-electron chi connectivity index (χ1n) is 8.83. The number of hydrogen-bond donors (Lipinski definition) is 2. The molecule has 4 rings (SSSR count). The van der Waals surface area contributed by atoms with Gasteiger partial charge in [0.2, 0.25) is 0 Å². The number of nitrogens with one attached hydrogen (secondary N) is 2. The highest BCUT2D eigenvalue weighted by Gasteiger charge is 2.11. The van der Waals surface area contributed by atoms with Gasteiger partial charge in [0, 0.05) is 21.4 Å². The lowest BCUT2D eigenvalue weighted by atomic mass is 10.2. The first-order chi connectivity index (χ1) is 13.5. The molecule has 4 nitrogen and oxygen atoms in total. The maximum Gasteiger partial charge on any atom is 0.174 e. The lowest BCUT2D eigenvalue weighted by Gasteiger charge is -2.14. The van der Waals surface area contributed by atoms with Crippen molar-refractivity contribution in [2.24, 2.45) is 0 Å². The van der Waals surface area contributed by atoms with Crippen LogP contribution in [0.15, 0.2) is 60.7 Å². The molecule has 1 heterocycles. The molecule has 0 fully saturated rings. The van der Waals surface area contributed by atoms with E-state index in [9.17, 15) is 0 Å². The SMILES string of the molecule is Cc1ccc(Nc2nc3ccccc3nc2Nc2ccc(C)c(Cl)c2)cc1Cl. The molecule has 2 N–H and O–H groups in total. The zero-order chi connectivity index (χ0) is 19.7. The summed E-state index contributed by atoms with van der Waals surface area (Å²) in [4.78, 5) is 9.49. The summed E-state index contributed by atoms with van der Waals surface area (Å²) >= 11 is 12.5. The molecule has 0 aliphatic rings. The highest BCUT2D eigenvalue weighted by atomic mass is 35.5. The molecule has 3 aromatic carbocycles. The van der Waals surface area contributed by atoms with Gasteiger partial charge in [-0.15, -0.1) is 0 Å². The maximum absolute atomic E-state index is 6.27. The first-order valence-corrected chi connectivity index (χ1v) is 9.58. The third-order valence-corrected chi connectivity index (χ3v) is 5.25. The van der Waals surface area contributed by atoms with Gasteiger partial charge in [0.15, 0.2) is 11.6 Å². The van der Waals surface area contributed by atoms with Crippen LogP contribution in [0.4, 0.5) is 23.0 Å². The molecule has 1 aromatic heterocycles. The third kappa shape index (κ3) is 3.88. The summed E-state index contributed by atoms with van der Waals surface area (Å²) in [6, 6.07) is 19.4. The van der Waals surface area contributed by atoms with Crippen molar-refractivity contribution in [3.63, 3.8) is 0 Å². The molecule has 0 radical (unpaired) electrons. The molecule has 0 bridgehead atoms. The van der Waals surface area contributed by atoms with E-state index in [4.69, 9.17) is 33.2 Å². The van der Waals surface area contributed by atoms with Crippen LogP contribution in [0.2, 0.25) is 10.0 Å². The van der Waals surface area contributed by atoms with Gasteiger partial charge in [-0.2, -0.15) is 0 Å². The Bertz CT molecular complexity index is 1080. The molecule has 0 unspecified atom stereocenters. The smallest absolute Gasteiger partial charge is 0.174 e. The monoisotopic (exact) mass is 408 g/mol. The number of benzene rings is 3. The summed E-state index contributed by atoms with van der Waals surface area (Å²) in [6.45, 7) is 3.94. The topological polar surface area (TPSA) is 49.8 Å². The van der Waals surface area contributed by atoms with Crippen LogP contribution in [0.3, 0.4) is 0 Å². The number of aryl methyl sites for hydroxylation is 2. The first kappa shape index (κ1) is 18.5. The highest BCUT2D eigenvalue weighted by molar-refractivity contribution is 6.32. The second-order valence-electron chi connectivity index (χ2n) is 6.59. The van der Waals surface area contributed by atoms with Crippen molar-refractivity contribution in [1.29, 1.82) is 0 Å². The van der Waals surface area contributed by atoms with Crippen molar-refractivity contribution in [2.45, 2.75) is 13.8 Å². The average Bonchev–Trinajstić information content (AvgIpc) is 2.68. The number of para-hydroxylation sites is 2. The van der Waals surface area contributed by atoms with E-state index in [1.54, 1.807) is 0 Å². The van der Waals surface area contributed by atoms with E-state index < -0.39 is 0 Å². The molecule has 0 aliphatic heterocycles. The van der Waals surface area contributed by atoms with Crippen LogP contribution in [0.5, 0.6) is 0 Å². The van der Waals surface area contributed by atoms with Gasteiger partial charge in [0.25, 0.3) is 0 Å². The summed E-state index contributed by atoms with van der Waals surface area (Å²) in [5.74, 6) is 1.21. The summed E-state index contributed by atoms with van der Waals surface area (Å²) < 4.78 is 0. The number of nitrogens with zero attached hydrogens (tertiary/aromatic N) is 2. The summed E-state index contributed by atoms with van der Waals surface area (Å²) in [5, 5.41) is 8.04. The Hall–Kier alpha value is -2.82. The van der Waals surface area contributed by atoms with Crippen molar-refractivity contribution in [1.82, 2.24) is 9.97 Å². The van der Waals surface area contributed by atoms with Crippen molar-refractivity contribution in [2.75, 3.05) is 10.6 Å². The molecule has 0 amide bonds. The van der Waals surface area contributed by atoms with Crippen molar-refractivity contribution < 1.29 is 0 Å². The van der Waals surface area contributed by atoms with Crippen molar-refractivity contribution >= 4 is 57.2 Å². The Morgan fingerprint density at radius 2 is 1.07 bits per heavy atom. The van der Waals surface area contributed by atoms with Gasteiger partial charge in [0.1, 0.15) is 0 Å². The normalized spacial score (nSPS) is 10.9. The van der Waals surface area contributed by atoms with Gasteiger partial charge in [-0.05, 0) is 61.4 Å². The summed E-state index contributed by atoms with van der Waals surface area (Å²) in [7, 11) is 0. The van der Waals surface area contributed by atoms with Crippen LogP contribution >= 0.6 is 23.2 Å². The van der Waals surface area contributed by atoms with E-state index in [1.807, 2.05) is 74.5 Å². The van der Waals surface area contributed by atoms with Gasteiger partial charge >= 0.3 is 0 Å². The maximum atomic E-state index is 6.27. The van der Waals surface area contributed by atoms with Gasteiger partial charge in [-0.1, -0.05) is 47.5 Å². The van der Waals surface area contributed by atoms with Crippen LogP contribution < -0.4 is 10.6 Å². The van der Waals surface area contributed by atoms with E-state index in [2.05, 4.69) is 10.6 Å². The Labute approximate surface area is 173 Å². The second kappa shape index (κ2) is 7.66. The van der Waals surface area contributed by atoms with Crippen LogP contribution in [0.1, 0.15) is 11.1 Å². The number of fused-ring (bicyclic) bond motifs is 1. The molecule has 0 spiro atoms. The van der Waals surface area contributed by atoms with Gasteiger partial charge in [0.05, 0.1) is 11.0 Å². The number of rotatable bonds is 4. The highest BCUT2D eigenvalue weighted by Crippen LogP contribution is 2.30. The minimum Gasteiger partial charge on any atom is -0.337 e. The molecule has 0 saturated carbocycles. The summed E-state index contributed by atoms with van der Waals surface area (Å²) in [6.07, 6.45) is 0. The fourth-order valence-corrected chi connectivity index (χ4v) is 3.15.